The predicted octanol–water partition coefficient (Wildman–Crippen LogP) is 2.55. The van der Waals surface area contributed by atoms with Crippen LogP contribution < -0.4 is 4.31 Å². The highest BCUT2D eigenvalue weighted by Gasteiger charge is 2.17. The summed E-state index contributed by atoms with van der Waals surface area (Å²) in [5.41, 5.74) is 2.43. The van der Waals surface area contributed by atoms with Crippen LogP contribution in [0.3, 0.4) is 0 Å². The van der Waals surface area contributed by atoms with Crippen LogP contribution in [0.15, 0.2) is 24.3 Å². The summed E-state index contributed by atoms with van der Waals surface area (Å²) in [6.45, 7) is 7.87. The van der Waals surface area contributed by atoms with Gasteiger partial charge in [-0.1, -0.05) is 13.8 Å². The molecule has 1 radical (unpaired) electrons. The number of benzene rings is 1. The minimum absolute atomic E-state index is 0.0476. The molecule has 0 spiro atoms. The van der Waals surface area contributed by atoms with Gasteiger partial charge in [0.1, 0.15) is 5.82 Å². The smallest absolute Gasteiger partial charge is 0.239 e. The maximum atomic E-state index is 13.1. The number of thiol groups is 1. The third-order valence-electron chi connectivity index (χ3n) is 3.23. The lowest BCUT2D eigenvalue weighted by Crippen LogP contribution is -2.19. The second kappa shape index (κ2) is 6.39. The highest BCUT2D eigenvalue weighted by atomic mass is 32.2. The average molecular weight is 322 g/mol. The molecular formula is C15H17FN3O2S. The Bertz CT molecular complexity index is 750. The Morgan fingerprint density at radius 1 is 1.18 bits per heavy atom. The predicted molar refractivity (Wildman–Crippen MR) is 84.7 cm³/mol. The molecule has 2 rings (SSSR count). The number of aromatic nitrogens is 2. The van der Waals surface area contributed by atoms with Gasteiger partial charge in [-0.3, -0.25) is 0 Å². The quantitative estimate of drug-likeness (QED) is 0.879. The van der Waals surface area contributed by atoms with Gasteiger partial charge in [-0.2, -0.15) is 0 Å². The standard InChI is InChI=1S/C15H17FN3O2S/c1-9(2)13-10(3)14(11-5-7-12(16)8-6-11)18-15(17-13)19(4)22(20)21/h5-9,22H,3H2,1-2,4H3. The van der Waals surface area contributed by atoms with E-state index in [0.717, 1.165) is 4.31 Å². The summed E-state index contributed by atoms with van der Waals surface area (Å²) in [4.78, 5) is 8.57. The molecule has 7 heteroatoms. The minimum Gasteiger partial charge on any atom is -0.243 e. The van der Waals surface area contributed by atoms with Gasteiger partial charge in [-0.25, -0.2) is 27.1 Å². The zero-order chi connectivity index (χ0) is 16.4. The van der Waals surface area contributed by atoms with Gasteiger partial charge >= 0.3 is 0 Å². The molecule has 0 unspecified atom stereocenters. The molecule has 0 saturated carbocycles. The van der Waals surface area contributed by atoms with Crippen molar-refractivity contribution in [1.82, 2.24) is 9.97 Å². The molecule has 1 aromatic carbocycles. The molecular weight excluding hydrogens is 305 g/mol. The lowest BCUT2D eigenvalue weighted by molar-refractivity contribution is 0.612. The van der Waals surface area contributed by atoms with Crippen LogP contribution in [-0.2, 0) is 10.9 Å². The first-order valence-corrected chi connectivity index (χ1v) is 7.82. The maximum absolute atomic E-state index is 13.1. The molecule has 0 aliphatic carbocycles. The van der Waals surface area contributed by atoms with E-state index in [0.29, 0.717) is 22.5 Å². The topological polar surface area (TPSA) is 63.2 Å². The van der Waals surface area contributed by atoms with Crippen molar-refractivity contribution in [3.63, 3.8) is 0 Å². The Balaban J connectivity index is 2.68. The Morgan fingerprint density at radius 3 is 2.27 bits per heavy atom. The van der Waals surface area contributed by atoms with Crippen molar-refractivity contribution >= 4 is 16.8 Å². The van der Waals surface area contributed by atoms with E-state index < -0.39 is 10.9 Å². The number of hydrogen-bond acceptors (Lipinski definition) is 4. The molecule has 1 heterocycles. The van der Waals surface area contributed by atoms with E-state index >= 15 is 0 Å². The molecule has 0 bridgehead atoms. The molecule has 0 aliphatic heterocycles. The molecule has 1 aromatic heterocycles. The van der Waals surface area contributed by atoms with Gasteiger partial charge in [0.25, 0.3) is 0 Å². The summed E-state index contributed by atoms with van der Waals surface area (Å²) in [5, 5.41) is 0. The zero-order valence-electron chi connectivity index (χ0n) is 12.6. The molecule has 22 heavy (non-hydrogen) atoms. The van der Waals surface area contributed by atoms with Crippen LogP contribution in [0.5, 0.6) is 0 Å². The van der Waals surface area contributed by atoms with Crippen molar-refractivity contribution in [3.8, 4) is 11.3 Å². The summed E-state index contributed by atoms with van der Waals surface area (Å²) < 4.78 is 36.4. The molecule has 0 aliphatic rings. The van der Waals surface area contributed by atoms with Crippen molar-refractivity contribution in [2.75, 3.05) is 11.4 Å². The van der Waals surface area contributed by atoms with Crippen molar-refractivity contribution in [3.05, 3.63) is 48.3 Å². The van der Waals surface area contributed by atoms with Gasteiger partial charge < -0.3 is 0 Å². The van der Waals surface area contributed by atoms with Crippen LogP contribution in [0.1, 0.15) is 31.0 Å². The van der Waals surface area contributed by atoms with Gasteiger partial charge in [0.2, 0.25) is 16.8 Å². The molecule has 0 fully saturated rings. The average Bonchev–Trinajstić information content (AvgIpc) is 2.47. The lowest BCUT2D eigenvalue weighted by Gasteiger charge is -2.17. The summed E-state index contributed by atoms with van der Waals surface area (Å²) >= 11 is 0. The van der Waals surface area contributed by atoms with E-state index in [-0.39, 0.29) is 17.7 Å². The number of hydrogen-bond donors (Lipinski definition) is 1. The van der Waals surface area contributed by atoms with Crippen molar-refractivity contribution < 1.29 is 12.8 Å². The van der Waals surface area contributed by atoms with Crippen LogP contribution in [-0.4, -0.2) is 25.4 Å². The first kappa shape index (κ1) is 16.4. The van der Waals surface area contributed by atoms with E-state index in [1.807, 2.05) is 13.8 Å². The van der Waals surface area contributed by atoms with Gasteiger partial charge in [0.15, 0.2) is 0 Å². The van der Waals surface area contributed by atoms with Crippen LogP contribution in [0.4, 0.5) is 10.3 Å². The third-order valence-corrected chi connectivity index (χ3v) is 3.89. The highest BCUT2D eigenvalue weighted by molar-refractivity contribution is 7.74. The normalized spacial score (nSPS) is 11.2. The fourth-order valence-corrected chi connectivity index (χ4v) is 2.27. The number of anilines is 1. The maximum Gasteiger partial charge on any atom is 0.239 e. The SMILES string of the molecule is [CH2]c1c(-c2ccc(F)cc2)nc(N(C)[SH](=O)=O)nc1C(C)C. The first-order valence-electron chi connectivity index (χ1n) is 6.69. The van der Waals surface area contributed by atoms with Gasteiger partial charge in [-0.15, -0.1) is 0 Å². The largest absolute Gasteiger partial charge is 0.243 e. The van der Waals surface area contributed by atoms with E-state index in [1.54, 1.807) is 12.1 Å². The van der Waals surface area contributed by atoms with Crippen molar-refractivity contribution in [1.29, 1.82) is 0 Å². The molecule has 5 nitrogen and oxygen atoms in total. The van der Waals surface area contributed by atoms with E-state index in [9.17, 15) is 12.8 Å². The van der Waals surface area contributed by atoms with Crippen LogP contribution >= 0.6 is 0 Å². The summed E-state index contributed by atoms with van der Waals surface area (Å²) in [6.07, 6.45) is 0. The number of rotatable bonds is 4. The summed E-state index contributed by atoms with van der Waals surface area (Å²) in [7, 11) is -1.46. The Morgan fingerprint density at radius 2 is 1.77 bits per heavy atom. The second-order valence-electron chi connectivity index (χ2n) is 5.16. The Labute approximate surface area is 130 Å². The van der Waals surface area contributed by atoms with Crippen LogP contribution in [0, 0.1) is 12.7 Å². The molecule has 117 valence electrons. The third kappa shape index (κ3) is 3.24. The van der Waals surface area contributed by atoms with Crippen LogP contribution in [0.2, 0.25) is 0 Å². The Kier molecular flexibility index (Phi) is 4.75. The molecule has 2 aromatic rings. The lowest BCUT2D eigenvalue weighted by atomic mass is 10.00. The first-order chi connectivity index (χ1) is 10.3. The molecule has 0 saturated heterocycles. The van der Waals surface area contributed by atoms with Gasteiger partial charge in [-0.05, 0) is 37.1 Å². The van der Waals surface area contributed by atoms with Crippen molar-refractivity contribution in [2.24, 2.45) is 0 Å². The fourth-order valence-electron chi connectivity index (χ4n) is 2.03. The summed E-state index contributed by atoms with van der Waals surface area (Å²) in [5.74, 6) is -0.231. The van der Waals surface area contributed by atoms with E-state index in [4.69, 9.17) is 0 Å². The van der Waals surface area contributed by atoms with Crippen LogP contribution in [0.25, 0.3) is 11.3 Å². The van der Waals surface area contributed by atoms with Gasteiger partial charge in [0, 0.05) is 18.2 Å². The minimum atomic E-state index is -2.84. The zero-order valence-corrected chi connectivity index (χ0v) is 13.5. The van der Waals surface area contributed by atoms with Gasteiger partial charge in [0.05, 0.1) is 11.4 Å². The Hall–Kier alpha value is -2.02. The molecule has 0 amide bonds. The fraction of sp³-hybridized carbons (Fsp3) is 0.267. The number of halogens is 1. The second-order valence-corrected chi connectivity index (χ2v) is 6.23. The number of nitrogens with zero attached hydrogens (tertiary/aromatic N) is 3. The van der Waals surface area contributed by atoms with E-state index in [1.165, 1.54) is 19.2 Å². The monoisotopic (exact) mass is 322 g/mol. The molecule has 0 atom stereocenters. The van der Waals surface area contributed by atoms with Crippen molar-refractivity contribution in [2.45, 2.75) is 19.8 Å². The van der Waals surface area contributed by atoms with E-state index in [2.05, 4.69) is 16.9 Å². The molecule has 0 N–H and O–H groups in total. The summed E-state index contributed by atoms with van der Waals surface area (Å²) in [6, 6.07) is 5.81. The highest BCUT2D eigenvalue weighted by Crippen LogP contribution is 2.29.